The molecule has 1 aliphatic rings. The number of hydrogen-bond acceptors (Lipinski definition) is 3. The van der Waals surface area contributed by atoms with Gasteiger partial charge in [-0.1, -0.05) is 31.4 Å². The first-order valence-corrected chi connectivity index (χ1v) is 7.66. The van der Waals surface area contributed by atoms with Crippen LogP contribution < -0.4 is 4.74 Å². The van der Waals surface area contributed by atoms with Crippen molar-refractivity contribution in [2.75, 3.05) is 14.2 Å². The lowest BCUT2D eigenvalue weighted by Gasteiger charge is -2.36. The van der Waals surface area contributed by atoms with Gasteiger partial charge in [-0.05, 0) is 31.9 Å². The standard InChI is InChI=1S/C16H24ClNO2/c1-11-6-4-5-7-14(11)18(2)10-12-8-13(17)9-15(20-3)16(12)19/h8-9,11,14,19H,4-7,10H2,1-3H3. The molecule has 2 rings (SSSR count). The van der Waals surface area contributed by atoms with E-state index in [1.807, 2.05) is 6.07 Å². The Balaban J connectivity index is 2.14. The Morgan fingerprint density at radius 1 is 1.35 bits per heavy atom. The number of halogens is 1. The number of rotatable bonds is 4. The molecule has 2 atom stereocenters. The van der Waals surface area contributed by atoms with Gasteiger partial charge < -0.3 is 9.84 Å². The maximum Gasteiger partial charge on any atom is 0.162 e. The topological polar surface area (TPSA) is 32.7 Å². The Morgan fingerprint density at radius 2 is 2.05 bits per heavy atom. The molecule has 0 bridgehead atoms. The van der Waals surface area contributed by atoms with Crippen LogP contribution in [0.5, 0.6) is 11.5 Å². The molecule has 0 spiro atoms. The second-order valence-corrected chi connectivity index (χ2v) is 6.30. The summed E-state index contributed by atoms with van der Waals surface area (Å²) in [6.07, 6.45) is 5.15. The fraction of sp³-hybridized carbons (Fsp3) is 0.625. The quantitative estimate of drug-likeness (QED) is 0.909. The number of methoxy groups -OCH3 is 1. The largest absolute Gasteiger partial charge is 0.504 e. The molecular weight excluding hydrogens is 274 g/mol. The van der Waals surface area contributed by atoms with E-state index in [0.717, 1.165) is 5.56 Å². The van der Waals surface area contributed by atoms with Gasteiger partial charge >= 0.3 is 0 Å². The molecule has 3 nitrogen and oxygen atoms in total. The molecule has 0 aromatic heterocycles. The van der Waals surface area contributed by atoms with Gasteiger partial charge in [0.05, 0.1) is 7.11 Å². The van der Waals surface area contributed by atoms with E-state index < -0.39 is 0 Å². The molecule has 1 saturated carbocycles. The van der Waals surface area contributed by atoms with Crippen LogP contribution in [0.2, 0.25) is 5.02 Å². The highest BCUT2D eigenvalue weighted by Crippen LogP contribution is 2.35. The number of ether oxygens (including phenoxy) is 1. The summed E-state index contributed by atoms with van der Waals surface area (Å²) in [4.78, 5) is 2.33. The average Bonchev–Trinajstić information content (AvgIpc) is 2.42. The summed E-state index contributed by atoms with van der Waals surface area (Å²) < 4.78 is 5.16. The molecule has 0 amide bonds. The molecule has 112 valence electrons. The van der Waals surface area contributed by atoms with Gasteiger partial charge in [0.2, 0.25) is 0 Å². The smallest absolute Gasteiger partial charge is 0.162 e. The number of hydrogen-bond donors (Lipinski definition) is 1. The predicted molar refractivity (Wildman–Crippen MR) is 82.6 cm³/mol. The molecule has 2 unspecified atom stereocenters. The summed E-state index contributed by atoms with van der Waals surface area (Å²) >= 11 is 6.09. The Morgan fingerprint density at radius 3 is 2.70 bits per heavy atom. The summed E-state index contributed by atoms with van der Waals surface area (Å²) in [5.74, 6) is 1.35. The Hall–Kier alpha value is -0.930. The first-order valence-electron chi connectivity index (χ1n) is 7.28. The molecule has 1 aromatic rings. The van der Waals surface area contributed by atoms with Crippen molar-refractivity contribution in [2.24, 2.45) is 5.92 Å². The van der Waals surface area contributed by atoms with Crippen LogP contribution in [0.1, 0.15) is 38.2 Å². The molecule has 0 saturated heterocycles. The van der Waals surface area contributed by atoms with Crippen molar-refractivity contribution in [3.8, 4) is 11.5 Å². The molecule has 1 aliphatic carbocycles. The van der Waals surface area contributed by atoms with Gasteiger partial charge in [0.25, 0.3) is 0 Å². The Bertz CT molecular complexity index is 464. The van der Waals surface area contributed by atoms with E-state index in [1.165, 1.54) is 25.7 Å². The van der Waals surface area contributed by atoms with Crippen molar-refractivity contribution in [1.29, 1.82) is 0 Å². The predicted octanol–water partition coefficient (Wildman–Crippen LogP) is 4.06. The number of phenols is 1. The fourth-order valence-electron chi connectivity index (χ4n) is 3.24. The minimum atomic E-state index is 0.201. The second kappa shape index (κ2) is 6.68. The molecule has 4 heteroatoms. The van der Waals surface area contributed by atoms with Crippen molar-refractivity contribution in [2.45, 2.75) is 45.2 Å². The van der Waals surface area contributed by atoms with Crippen LogP contribution in [-0.2, 0) is 6.54 Å². The fourth-order valence-corrected chi connectivity index (χ4v) is 3.47. The second-order valence-electron chi connectivity index (χ2n) is 5.86. The zero-order valence-corrected chi connectivity index (χ0v) is 13.3. The highest BCUT2D eigenvalue weighted by molar-refractivity contribution is 6.30. The lowest BCUT2D eigenvalue weighted by atomic mass is 9.85. The lowest BCUT2D eigenvalue weighted by molar-refractivity contribution is 0.132. The van der Waals surface area contributed by atoms with Crippen LogP contribution >= 0.6 is 11.6 Å². The third-order valence-corrected chi connectivity index (χ3v) is 4.61. The van der Waals surface area contributed by atoms with E-state index in [2.05, 4.69) is 18.9 Å². The first-order chi connectivity index (χ1) is 9.52. The van der Waals surface area contributed by atoms with Crippen LogP contribution in [0.15, 0.2) is 12.1 Å². The summed E-state index contributed by atoms with van der Waals surface area (Å²) in [6.45, 7) is 3.01. The summed E-state index contributed by atoms with van der Waals surface area (Å²) in [7, 11) is 3.67. The molecule has 1 N–H and O–H groups in total. The van der Waals surface area contributed by atoms with Gasteiger partial charge in [-0.3, -0.25) is 4.90 Å². The Kier molecular flexibility index (Phi) is 5.17. The van der Waals surface area contributed by atoms with Gasteiger partial charge in [-0.2, -0.15) is 0 Å². The zero-order valence-electron chi connectivity index (χ0n) is 12.5. The van der Waals surface area contributed by atoms with Crippen LogP contribution in [0.4, 0.5) is 0 Å². The molecular formula is C16H24ClNO2. The van der Waals surface area contributed by atoms with E-state index >= 15 is 0 Å². The molecule has 0 aliphatic heterocycles. The molecule has 0 heterocycles. The highest BCUT2D eigenvalue weighted by atomic mass is 35.5. The third-order valence-electron chi connectivity index (χ3n) is 4.39. The van der Waals surface area contributed by atoms with E-state index in [0.29, 0.717) is 29.3 Å². The van der Waals surface area contributed by atoms with Crippen molar-refractivity contribution < 1.29 is 9.84 Å². The first kappa shape index (κ1) is 15.5. The summed E-state index contributed by atoms with van der Waals surface area (Å²) in [5.41, 5.74) is 0.828. The lowest BCUT2D eigenvalue weighted by Crippen LogP contribution is -2.38. The Labute approximate surface area is 126 Å². The summed E-state index contributed by atoms with van der Waals surface area (Å²) in [5, 5.41) is 10.8. The zero-order chi connectivity index (χ0) is 14.7. The van der Waals surface area contributed by atoms with Crippen molar-refractivity contribution >= 4 is 11.6 Å². The van der Waals surface area contributed by atoms with Gasteiger partial charge in [0, 0.05) is 29.2 Å². The molecule has 20 heavy (non-hydrogen) atoms. The molecule has 0 radical (unpaired) electrons. The van der Waals surface area contributed by atoms with Gasteiger partial charge in [-0.25, -0.2) is 0 Å². The van der Waals surface area contributed by atoms with E-state index in [9.17, 15) is 5.11 Å². The molecule has 1 aromatic carbocycles. The van der Waals surface area contributed by atoms with Crippen molar-refractivity contribution in [3.63, 3.8) is 0 Å². The molecule has 1 fully saturated rings. The highest BCUT2D eigenvalue weighted by Gasteiger charge is 2.25. The number of aromatic hydroxyl groups is 1. The third kappa shape index (κ3) is 3.39. The number of nitrogens with zero attached hydrogens (tertiary/aromatic N) is 1. The number of benzene rings is 1. The maximum absolute atomic E-state index is 10.2. The van der Waals surface area contributed by atoms with Gasteiger partial charge in [0.1, 0.15) is 0 Å². The van der Waals surface area contributed by atoms with E-state index in [1.54, 1.807) is 13.2 Å². The van der Waals surface area contributed by atoms with Crippen molar-refractivity contribution in [3.05, 3.63) is 22.7 Å². The van der Waals surface area contributed by atoms with E-state index in [-0.39, 0.29) is 5.75 Å². The number of phenolic OH excluding ortho intramolecular Hbond substituents is 1. The minimum absolute atomic E-state index is 0.201. The van der Waals surface area contributed by atoms with Crippen LogP contribution in [-0.4, -0.2) is 30.2 Å². The monoisotopic (exact) mass is 297 g/mol. The van der Waals surface area contributed by atoms with Crippen LogP contribution in [0.25, 0.3) is 0 Å². The van der Waals surface area contributed by atoms with Gasteiger partial charge in [0.15, 0.2) is 11.5 Å². The average molecular weight is 298 g/mol. The van der Waals surface area contributed by atoms with E-state index in [4.69, 9.17) is 16.3 Å². The summed E-state index contributed by atoms with van der Waals surface area (Å²) in [6, 6.07) is 4.04. The maximum atomic E-state index is 10.2. The van der Waals surface area contributed by atoms with Crippen LogP contribution in [0, 0.1) is 5.92 Å². The normalized spacial score (nSPS) is 23.1. The van der Waals surface area contributed by atoms with Crippen LogP contribution in [0.3, 0.4) is 0 Å². The minimum Gasteiger partial charge on any atom is -0.504 e. The van der Waals surface area contributed by atoms with Gasteiger partial charge in [-0.15, -0.1) is 0 Å². The SMILES string of the molecule is COc1cc(Cl)cc(CN(C)C2CCCCC2C)c1O. The van der Waals surface area contributed by atoms with Crippen molar-refractivity contribution in [1.82, 2.24) is 4.90 Å².